The molecule has 0 bridgehead atoms. The second kappa shape index (κ2) is 12.9. The molecule has 10 heteroatoms. The van der Waals surface area contributed by atoms with Gasteiger partial charge in [-0.2, -0.15) is 0 Å². The molecule has 0 spiro atoms. The summed E-state index contributed by atoms with van der Waals surface area (Å²) >= 11 is 0. The van der Waals surface area contributed by atoms with E-state index in [1.165, 1.54) is 0 Å². The number of nitrogens with one attached hydrogen (secondary N) is 1. The Balaban J connectivity index is 1.29. The first kappa shape index (κ1) is 28.2. The molecule has 10 nitrogen and oxygen atoms in total. The molecule has 1 saturated heterocycles. The van der Waals surface area contributed by atoms with E-state index in [-0.39, 0.29) is 28.5 Å². The predicted molar refractivity (Wildman–Crippen MR) is 151 cm³/mol. The van der Waals surface area contributed by atoms with E-state index in [4.69, 9.17) is 5.73 Å². The third-order valence-electron chi connectivity index (χ3n) is 8.91. The number of amides is 2. The molecular weight excluding hydrogens is 508 g/mol. The van der Waals surface area contributed by atoms with Crippen LogP contribution in [0.5, 0.6) is 0 Å². The summed E-state index contributed by atoms with van der Waals surface area (Å²) in [7, 11) is 0. The molecule has 2 aromatic rings. The van der Waals surface area contributed by atoms with E-state index in [1.54, 1.807) is 41.6 Å². The highest BCUT2D eigenvalue weighted by Gasteiger charge is 2.42. The molecule has 2 saturated carbocycles. The molecule has 5 rings (SSSR count). The number of aromatic nitrogens is 1. The van der Waals surface area contributed by atoms with E-state index < -0.39 is 6.04 Å². The fourth-order valence-electron chi connectivity index (χ4n) is 6.33. The number of hydrogen-bond donors (Lipinski definition) is 2. The van der Waals surface area contributed by atoms with Crippen LogP contribution in [0.3, 0.4) is 0 Å². The Kier molecular flexibility index (Phi) is 9.06. The van der Waals surface area contributed by atoms with Crippen molar-refractivity contribution in [2.75, 3.05) is 19.6 Å². The van der Waals surface area contributed by atoms with Crippen molar-refractivity contribution >= 4 is 17.5 Å². The number of pyridine rings is 1. The van der Waals surface area contributed by atoms with Crippen molar-refractivity contribution in [2.45, 2.75) is 76.0 Å². The zero-order valence-electron chi connectivity index (χ0n) is 23.0. The van der Waals surface area contributed by atoms with Crippen molar-refractivity contribution in [3.63, 3.8) is 0 Å². The lowest BCUT2D eigenvalue weighted by Gasteiger charge is -2.43. The fraction of sp³-hybridized carbons (Fsp3) is 0.567. The molecule has 1 unspecified atom stereocenters. The van der Waals surface area contributed by atoms with E-state index in [0.29, 0.717) is 49.5 Å². The van der Waals surface area contributed by atoms with Gasteiger partial charge in [-0.3, -0.25) is 29.6 Å². The number of nitro benzene ring substituents is 1. The molecule has 2 amide bonds. The minimum absolute atomic E-state index is 0.0807. The molecule has 214 valence electrons. The molecule has 0 radical (unpaired) electrons. The van der Waals surface area contributed by atoms with E-state index in [0.717, 1.165) is 57.1 Å². The highest BCUT2D eigenvalue weighted by molar-refractivity contribution is 5.97. The van der Waals surface area contributed by atoms with Crippen LogP contribution in [0.1, 0.15) is 67.3 Å². The van der Waals surface area contributed by atoms with Gasteiger partial charge in [-0.05, 0) is 87.4 Å². The zero-order valence-corrected chi connectivity index (χ0v) is 23.0. The van der Waals surface area contributed by atoms with Gasteiger partial charge >= 0.3 is 0 Å². The monoisotopic (exact) mass is 548 g/mol. The quantitative estimate of drug-likeness (QED) is 0.343. The number of hydrogen-bond acceptors (Lipinski definition) is 7. The number of likely N-dealkylation sites (tertiary alicyclic amines) is 1. The lowest BCUT2D eigenvalue weighted by Crippen LogP contribution is -2.58. The molecule has 2 heterocycles. The number of rotatable bonds is 10. The summed E-state index contributed by atoms with van der Waals surface area (Å²) in [5.41, 5.74) is 7.43. The standard InChI is InChI=1S/C30H40N6O4/c31-17-21-3-5-22(6-4-21)18-33-29(37)28-16-27(13-15-34(28)30(38)24-2-1-14-32-19-24)35(25-11-12-25)20-23-7-9-26(10-8-23)36(39)40/h1-2,7-10,14,19,21-22,25,27-28H,3-6,11-13,15-18,20,31H2,(H,33,37)/t21?,22?,27?,28-/m1/s1. The Hall–Kier alpha value is -3.37. The molecule has 2 atom stereocenters. The smallest absolute Gasteiger partial charge is 0.269 e. The van der Waals surface area contributed by atoms with Crippen molar-refractivity contribution in [3.05, 3.63) is 70.0 Å². The highest BCUT2D eigenvalue weighted by Crippen LogP contribution is 2.35. The number of carbonyl (C=O) groups excluding carboxylic acids is 2. The number of non-ortho nitro benzene ring substituents is 1. The van der Waals surface area contributed by atoms with Gasteiger partial charge < -0.3 is 16.0 Å². The molecule has 3 fully saturated rings. The van der Waals surface area contributed by atoms with Gasteiger partial charge in [-0.15, -0.1) is 0 Å². The third kappa shape index (κ3) is 6.85. The minimum atomic E-state index is -0.565. The fourth-order valence-corrected chi connectivity index (χ4v) is 6.33. The lowest BCUT2D eigenvalue weighted by atomic mass is 9.82. The second-order valence-corrected chi connectivity index (χ2v) is 11.6. The van der Waals surface area contributed by atoms with Crippen molar-refractivity contribution in [2.24, 2.45) is 17.6 Å². The molecular formula is C30H40N6O4. The van der Waals surface area contributed by atoms with Gasteiger partial charge in [0.1, 0.15) is 6.04 Å². The summed E-state index contributed by atoms with van der Waals surface area (Å²) in [6, 6.07) is 10.2. The van der Waals surface area contributed by atoms with Gasteiger partial charge in [0.2, 0.25) is 5.91 Å². The molecule has 3 aliphatic rings. The van der Waals surface area contributed by atoms with Crippen LogP contribution in [-0.2, 0) is 11.3 Å². The summed E-state index contributed by atoms with van der Waals surface area (Å²) < 4.78 is 0. The maximum absolute atomic E-state index is 13.7. The predicted octanol–water partition coefficient (Wildman–Crippen LogP) is 3.51. The number of nitrogens with two attached hydrogens (primary N) is 1. The molecule has 3 N–H and O–H groups in total. The number of nitro groups is 1. The van der Waals surface area contributed by atoms with Crippen molar-refractivity contribution in [3.8, 4) is 0 Å². The topological polar surface area (TPSA) is 135 Å². The van der Waals surface area contributed by atoms with E-state index >= 15 is 0 Å². The van der Waals surface area contributed by atoms with Crippen LogP contribution >= 0.6 is 0 Å². The van der Waals surface area contributed by atoms with Gasteiger partial charge in [0.15, 0.2) is 0 Å². The minimum Gasteiger partial charge on any atom is -0.354 e. The van der Waals surface area contributed by atoms with Crippen LogP contribution in [-0.4, -0.2) is 69.3 Å². The summed E-state index contributed by atoms with van der Waals surface area (Å²) in [5, 5.41) is 14.3. The van der Waals surface area contributed by atoms with Crippen LogP contribution in [0, 0.1) is 22.0 Å². The summed E-state index contributed by atoms with van der Waals surface area (Å²) in [5.74, 6) is 0.777. The Bertz CT molecular complexity index is 1160. The summed E-state index contributed by atoms with van der Waals surface area (Å²) in [6.45, 7) is 2.51. The van der Waals surface area contributed by atoms with E-state index in [2.05, 4.69) is 15.2 Å². The lowest BCUT2D eigenvalue weighted by molar-refractivity contribution is -0.384. The molecule has 1 aliphatic heterocycles. The second-order valence-electron chi connectivity index (χ2n) is 11.6. The zero-order chi connectivity index (χ0) is 28.1. The summed E-state index contributed by atoms with van der Waals surface area (Å²) in [6.07, 6.45) is 11.1. The number of piperidine rings is 1. The van der Waals surface area contributed by atoms with Crippen LogP contribution in [0.4, 0.5) is 5.69 Å². The van der Waals surface area contributed by atoms with Gasteiger partial charge in [-0.25, -0.2) is 0 Å². The van der Waals surface area contributed by atoms with Gasteiger partial charge in [0.25, 0.3) is 11.6 Å². The normalized spacial score (nSPS) is 25.0. The first-order valence-electron chi connectivity index (χ1n) is 14.6. The van der Waals surface area contributed by atoms with Crippen LogP contribution in [0.25, 0.3) is 0 Å². The van der Waals surface area contributed by atoms with E-state index in [1.807, 2.05) is 12.1 Å². The Morgan fingerprint density at radius 1 is 1.02 bits per heavy atom. The van der Waals surface area contributed by atoms with Gasteiger partial charge in [-0.1, -0.05) is 12.1 Å². The largest absolute Gasteiger partial charge is 0.354 e. The van der Waals surface area contributed by atoms with Gasteiger partial charge in [0.05, 0.1) is 10.5 Å². The summed E-state index contributed by atoms with van der Waals surface area (Å²) in [4.78, 5) is 46.2. The van der Waals surface area contributed by atoms with Crippen LogP contribution < -0.4 is 11.1 Å². The van der Waals surface area contributed by atoms with Crippen LogP contribution in [0.15, 0.2) is 48.8 Å². The molecule has 1 aromatic heterocycles. The SMILES string of the molecule is NCC1CCC(CNC(=O)[C@H]2CC(N(Cc3ccc([N+](=O)[O-])cc3)C3CC3)CCN2C(=O)c2cccnc2)CC1. The van der Waals surface area contributed by atoms with Crippen molar-refractivity contribution < 1.29 is 14.5 Å². The van der Waals surface area contributed by atoms with Crippen LogP contribution in [0.2, 0.25) is 0 Å². The highest BCUT2D eigenvalue weighted by atomic mass is 16.6. The maximum atomic E-state index is 13.7. The Morgan fingerprint density at radius 3 is 2.38 bits per heavy atom. The Labute approximate surface area is 235 Å². The van der Waals surface area contributed by atoms with E-state index in [9.17, 15) is 19.7 Å². The number of benzene rings is 1. The first-order chi connectivity index (χ1) is 19.4. The van der Waals surface area contributed by atoms with Crippen molar-refractivity contribution in [1.82, 2.24) is 20.1 Å². The van der Waals surface area contributed by atoms with Crippen molar-refractivity contribution in [1.29, 1.82) is 0 Å². The van der Waals surface area contributed by atoms with Gasteiger partial charge in [0, 0.05) is 56.2 Å². The third-order valence-corrected chi connectivity index (χ3v) is 8.91. The maximum Gasteiger partial charge on any atom is 0.269 e. The number of carbonyl (C=O) groups is 2. The molecule has 40 heavy (non-hydrogen) atoms. The average molecular weight is 549 g/mol. The average Bonchev–Trinajstić information content (AvgIpc) is 3.84. The molecule has 1 aromatic carbocycles. The first-order valence-corrected chi connectivity index (χ1v) is 14.6. The molecule has 2 aliphatic carbocycles. The number of nitrogens with zero attached hydrogens (tertiary/aromatic N) is 4. The Morgan fingerprint density at radius 2 is 1.75 bits per heavy atom.